The van der Waals surface area contributed by atoms with Crippen LogP contribution < -0.4 is 0 Å². The Balaban J connectivity index is 2.09. The van der Waals surface area contributed by atoms with Gasteiger partial charge in [-0.2, -0.15) is 0 Å². The summed E-state index contributed by atoms with van der Waals surface area (Å²) < 4.78 is 22.2. The van der Waals surface area contributed by atoms with E-state index in [1.165, 1.54) is 0 Å². The van der Waals surface area contributed by atoms with Gasteiger partial charge in [-0.1, -0.05) is 0 Å². The minimum atomic E-state index is 0.0673. The van der Waals surface area contributed by atoms with Gasteiger partial charge in [0.25, 0.3) is 0 Å². The molecule has 1 rings (SSSR count). The van der Waals surface area contributed by atoms with Gasteiger partial charge in [0.1, 0.15) is 12.2 Å². The van der Waals surface area contributed by atoms with E-state index in [9.17, 15) is 0 Å². The molecule has 1 heterocycles. The molecular formula is C12H24O4. The van der Waals surface area contributed by atoms with Crippen LogP contribution in [0.5, 0.6) is 0 Å². The number of hydrogen-bond acceptors (Lipinski definition) is 4. The van der Waals surface area contributed by atoms with Crippen LogP contribution in [0.15, 0.2) is 0 Å². The lowest BCUT2D eigenvalue weighted by atomic mass is 10.3. The molecule has 0 bridgehead atoms. The second-order valence-electron chi connectivity index (χ2n) is 4.67. The van der Waals surface area contributed by atoms with Gasteiger partial charge < -0.3 is 18.9 Å². The van der Waals surface area contributed by atoms with Gasteiger partial charge in [0, 0.05) is 0 Å². The van der Waals surface area contributed by atoms with Gasteiger partial charge in [-0.3, -0.25) is 0 Å². The molecule has 0 aromatic carbocycles. The molecule has 0 aromatic rings. The highest BCUT2D eigenvalue weighted by Gasteiger charge is 2.22. The first-order valence-corrected chi connectivity index (χ1v) is 6.04. The standard InChI is InChI=1S/C12H24O4/c1-9(2)13-5-11-7-16-12(8-15-11)6-14-10(3)4/h9-12H,5-8H2,1-4H3. The molecule has 0 aliphatic carbocycles. The van der Waals surface area contributed by atoms with Crippen LogP contribution in [-0.2, 0) is 18.9 Å². The third kappa shape index (κ3) is 5.80. The van der Waals surface area contributed by atoms with Gasteiger partial charge in [0.05, 0.1) is 38.6 Å². The Kier molecular flexibility index (Phi) is 6.28. The van der Waals surface area contributed by atoms with Crippen molar-refractivity contribution in [1.82, 2.24) is 0 Å². The van der Waals surface area contributed by atoms with Crippen LogP contribution in [0.25, 0.3) is 0 Å². The van der Waals surface area contributed by atoms with Gasteiger partial charge in [-0.15, -0.1) is 0 Å². The van der Waals surface area contributed by atoms with Gasteiger partial charge in [0.15, 0.2) is 0 Å². The van der Waals surface area contributed by atoms with E-state index in [0.29, 0.717) is 26.4 Å². The van der Waals surface area contributed by atoms with Gasteiger partial charge >= 0.3 is 0 Å². The Morgan fingerprint density at radius 2 is 1.25 bits per heavy atom. The lowest BCUT2D eigenvalue weighted by Crippen LogP contribution is -2.41. The van der Waals surface area contributed by atoms with E-state index in [1.807, 2.05) is 27.7 Å². The van der Waals surface area contributed by atoms with Gasteiger partial charge in [-0.05, 0) is 27.7 Å². The zero-order chi connectivity index (χ0) is 12.0. The highest BCUT2D eigenvalue weighted by Crippen LogP contribution is 2.09. The lowest BCUT2D eigenvalue weighted by molar-refractivity contribution is -0.173. The molecule has 1 saturated heterocycles. The Labute approximate surface area is 98.2 Å². The molecule has 0 amide bonds. The average Bonchev–Trinajstić information content (AvgIpc) is 2.25. The first-order chi connectivity index (χ1) is 7.58. The molecule has 1 aliphatic rings. The molecule has 1 fully saturated rings. The van der Waals surface area contributed by atoms with Crippen LogP contribution in [0, 0.1) is 0 Å². The summed E-state index contributed by atoms with van der Waals surface area (Å²) in [7, 11) is 0. The van der Waals surface area contributed by atoms with E-state index >= 15 is 0 Å². The molecule has 4 heteroatoms. The Bertz CT molecular complexity index is 154. The van der Waals surface area contributed by atoms with Crippen molar-refractivity contribution in [2.24, 2.45) is 0 Å². The van der Waals surface area contributed by atoms with Crippen molar-refractivity contribution in [3.8, 4) is 0 Å². The van der Waals surface area contributed by atoms with E-state index in [-0.39, 0.29) is 24.4 Å². The van der Waals surface area contributed by atoms with Crippen molar-refractivity contribution >= 4 is 0 Å². The molecule has 96 valence electrons. The summed E-state index contributed by atoms with van der Waals surface area (Å²) in [5.74, 6) is 0. The minimum absolute atomic E-state index is 0.0673. The van der Waals surface area contributed by atoms with E-state index in [2.05, 4.69) is 0 Å². The summed E-state index contributed by atoms with van der Waals surface area (Å²) in [6, 6.07) is 0. The molecule has 0 aromatic heterocycles. The number of rotatable bonds is 6. The number of hydrogen-bond donors (Lipinski definition) is 0. The van der Waals surface area contributed by atoms with E-state index in [1.54, 1.807) is 0 Å². The lowest BCUT2D eigenvalue weighted by Gasteiger charge is -2.30. The molecule has 0 spiro atoms. The molecule has 4 nitrogen and oxygen atoms in total. The van der Waals surface area contributed by atoms with Crippen molar-refractivity contribution in [2.75, 3.05) is 26.4 Å². The summed E-state index contributed by atoms with van der Waals surface area (Å²) in [5, 5.41) is 0. The zero-order valence-electron chi connectivity index (χ0n) is 10.8. The third-order valence-corrected chi connectivity index (χ3v) is 2.27. The molecule has 2 unspecified atom stereocenters. The summed E-state index contributed by atoms with van der Waals surface area (Å²) >= 11 is 0. The molecule has 1 aliphatic heterocycles. The van der Waals surface area contributed by atoms with Crippen LogP contribution in [0.1, 0.15) is 27.7 Å². The monoisotopic (exact) mass is 232 g/mol. The normalized spacial score (nSPS) is 26.6. The van der Waals surface area contributed by atoms with Crippen LogP contribution in [0.4, 0.5) is 0 Å². The largest absolute Gasteiger partial charge is 0.376 e. The second-order valence-corrected chi connectivity index (χ2v) is 4.67. The average molecular weight is 232 g/mol. The fourth-order valence-electron chi connectivity index (χ4n) is 1.38. The summed E-state index contributed by atoms with van der Waals surface area (Å²) in [6.07, 6.45) is 0.617. The zero-order valence-corrected chi connectivity index (χ0v) is 10.8. The maximum absolute atomic E-state index is 5.64. The Hall–Kier alpha value is -0.160. The molecule has 0 N–H and O–H groups in total. The predicted molar refractivity (Wildman–Crippen MR) is 61.7 cm³/mol. The van der Waals surface area contributed by atoms with Crippen LogP contribution in [-0.4, -0.2) is 50.8 Å². The summed E-state index contributed by atoms with van der Waals surface area (Å²) in [5.41, 5.74) is 0. The van der Waals surface area contributed by atoms with E-state index in [4.69, 9.17) is 18.9 Å². The highest BCUT2D eigenvalue weighted by atomic mass is 16.6. The first kappa shape index (κ1) is 13.9. The number of ether oxygens (including phenoxy) is 4. The Morgan fingerprint density at radius 3 is 1.50 bits per heavy atom. The maximum atomic E-state index is 5.64. The van der Waals surface area contributed by atoms with E-state index < -0.39 is 0 Å². The molecule has 2 atom stereocenters. The Morgan fingerprint density at radius 1 is 0.875 bits per heavy atom. The minimum Gasteiger partial charge on any atom is -0.376 e. The van der Waals surface area contributed by atoms with Crippen molar-refractivity contribution in [1.29, 1.82) is 0 Å². The fourth-order valence-corrected chi connectivity index (χ4v) is 1.38. The second kappa shape index (κ2) is 7.22. The van der Waals surface area contributed by atoms with Crippen LogP contribution >= 0.6 is 0 Å². The van der Waals surface area contributed by atoms with Crippen molar-refractivity contribution in [3.05, 3.63) is 0 Å². The summed E-state index contributed by atoms with van der Waals surface area (Å²) in [4.78, 5) is 0. The van der Waals surface area contributed by atoms with Gasteiger partial charge in [0.2, 0.25) is 0 Å². The fraction of sp³-hybridized carbons (Fsp3) is 1.00. The quantitative estimate of drug-likeness (QED) is 0.697. The highest BCUT2D eigenvalue weighted by molar-refractivity contribution is 4.67. The molecule has 16 heavy (non-hydrogen) atoms. The molecule has 0 radical (unpaired) electrons. The van der Waals surface area contributed by atoms with Crippen LogP contribution in [0.3, 0.4) is 0 Å². The van der Waals surface area contributed by atoms with Crippen LogP contribution in [0.2, 0.25) is 0 Å². The SMILES string of the molecule is CC(C)OCC1COC(COC(C)C)CO1. The maximum Gasteiger partial charge on any atom is 0.104 e. The molecule has 0 saturated carbocycles. The van der Waals surface area contributed by atoms with Crippen molar-refractivity contribution in [2.45, 2.75) is 52.1 Å². The topological polar surface area (TPSA) is 36.9 Å². The van der Waals surface area contributed by atoms with Crippen molar-refractivity contribution in [3.63, 3.8) is 0 Å². The van der Waals surface area contributed by atoms with Crippen molar-refractivity contribution < 1.29 is 18.9 Å². The first-order valence-electron chi connectivity index (χ1n) is 6.04. The predicted octanol–water partition coefficient (Wildman–Crippen LogP) is 1.62. The molecular weight excluding hydrogens is 208 g/mol. The van der Waals surface area contributed by atoms with Gasteiger partial charge in [-0.25, -0.2) is 0 Å². The smallest absolute Gasteiger partial charge is 0.104 e. The summed E-state index contributed by atoms with van der Waals surface area (Å²) in [6.45, 7) is 10.5. The van der Waals surface area contributed by atoms with E-state index in [0.717, 1.165) is 0 Å². The third-order valence-electron chi connectivity index (χ3n) is 2.27.